The van der Waals surface area contributed by atoms with Crippen molar-refractivity contribution in [3.05, 3.63) is 33.9 Å². The largest absolute Gasteiger partial charge is 0.478 e. The molecule has 0 radical (unpaired) electrons. The normalized spacial score (nSPS) is 19.9. The van der Waals surface area contributed by atoms with Crippen LogP contribution in [0.4, 0.5) is 11.4 Å². The predicted molar refractivity (Wildman–Crippen MR) is 74.4 cm³/mol. The zero-order chi connectivity index (χ0) is 14.9. The van der Waals surface area contributed by atoms with Gasteiger partial charge in [-0.25, -0.2) is 4.79 Å². The highest BCUT2D eigenvalue weighted by Gasteiger charge is 2.25. The van der Waals surface area contributed by atoms with E-state index in [0.29, 0.717) is 18.8 Å². The van der Waals surface area contributed by atoms with Crippen molar-refractivity contribution in [1.82, 2.24) is 4.90 Å². The molecule has 1 atom stereocenters. The summed E-state index contributed by atoms with van der Waals surface area (Å²) in [5.41, 5.74) is 0.440. The first-order valence-corrected chi connectivity index (χ1v) is 6.37. The summed E-state index contributed by atoms with van der Waals surface area (Å²) in [5.74, 6) is -1.07. The van der Waals surface area contributed by atoms with E-state index in [9.17, 15) is 20.0 Å². The molecular formula is C13H17N3O4. The molecule has 2 rings (SSSR count). The second kappa shape index (κ2) is 5.46. The quantitative estimate of drug-likeness (QED) is 0.665. The molecule has 1 N–H and O–H groups in total. The molecular weight excluding hydrogens is 262 g/mol. The number of nitrogens with zero attached hydrogens (tertiary/aromatic N) is 3. The van der Waals surface area contributed by atoms with Gasteiger partial charge in [0.05, 0.1) is 16.2 Å². The fourth-order valence-electron chi connectivity index (χ4n) is 2.34. The van der Waals surface area contributed by atoms with E-state index in [-0.39, 0.29) is 17.3 Å². The number of rotatable bonds is 3. The number of benzene rings is 1. The fraction of sp³-hybridized carbons (Fsp3) is 0.462. The molecule has 1 unspecified atom stereocenters. The van der Waals surface area contributed by atoms with Crippen LogP contribution in [-0.2, 0) is 0 Å². The van der Waals surface area contributed by atoms with Crippen molar-refractivity contribution in [2.24, 2.45) is 0 Å². The molecule has 1 aromatic rings. The Kier molecular flexibility index (Phi) is 3.89. The summed E-state index contributed by atoms with van der Waals surface area (Å²) in [6.07, 6.45) is 0. The van der Waals surface area contributed by atoms with Crippen molar-refractivity contribution in [2.75, 3.05) is 31.6 Å². The van der Waals surface area contributed by atoms with Gasteiger partial charge < -0.3 is 14.9 Å². The molecule has 20 heavy (non-hydrogen) atoms. The topological polar surface area (TPSA) is 86.9 Å². The first kappa shape index (κ1) is 14.3. The van der Waals surface area contributed by atoms with Crippen LogP contribution >= 0.6 is 0 Å². The van der Waals surface area contributed by atoms with Gasteiger partial charge in [0.15, 0.2) is 0 Å². The maximum Gasteiger partial charge on any atom is 0.337 e. The number of non-ortho nitro benzene ring substituents is 1. The number of carbonyl (C=O) groups is 1. The van der Waals surface area contributed by atoms with E-state index in [1.54, 1.807) is 0 Å². The molecule has 1 aliphatic rings. The average molecular weight is 279 g/mol. The summed E-state index contributed by atoms with van der Waals surface area (Å²) < 4.78 is 0. The van der Waals surface area contributed by atoms with Crippen LogP contribution in [0.3, 0.4) is 0 Å². The van der Waals surface area contributed by atoms with E-state index in [0.717, 1.165) is 6.54 Å². The summed E-state index contributed by atoms with van der Waals surface area (Å²) in [4.78, 5) is 25.7. The average Bonchev–Trinajstić information content (AvgIpc) is 2.41. The smallest absolute Gasteiger partial charge is 0.337 e. The number of aromatic carboxylic acids is 1. The van der Waals surface area contributed by atoms with Crippen LogP contribution in [0.2, 0.25) is 0 Å². The number of piperazine rings is 1. The summed E-state index contributed by atoms with van der Waals surface area (Å²) >= 11 is 0. The monoisotopic (exact) mass is 279 g/mol. The van der Waals surface area contributed by atoms with Crippen molar-refractivity contribution in [1.29, 1.82) is 0 Å². The van der Waals surface area contributed by atoms with Gasteiger partial charge in [0.2, 0.25) is 0 Å². The number of carboxylic acid groups (broad SMARTS) is 1. The van der Waals surface area contributed by atoms with E-state index >= 15 is 0 Å². The van der Waals surface area contributed by atoms with Crippen LogP contribution in [0.1, 0.15) is 17.3 Å². The predicted octanol–water partition coefficient (Wildman–Crippen LogP) is 1.43. The minimum absolute atomic E-state index is 0.0865. The molecule has 0 bridgehead atoms. The minimum Gasteiger partial charge on any atom is -0.478 e. The molecule has 0 aromatic heterocycles. The number of anilines is 1. The van der Waals surface area contributed by atoms with Gasteiger partial charge in [-0.2, -0.15) is 0 Å². The molecule has 108 valence electrons. The molecule has 1 heterocycles. The van der Waals surface area contributed by atoms with Gasteiger partial charge in [0, 0.05) is 37.8 Å². The third-order valence-electron chi connectivity index (χ3n) is 3.72. The number of likely N-dealkylation sites (N-methyl/N-ethyl adjacent to an activating group) is 1. The molecule has 1 aromatic carbocycles. The molecule has 7 heteroatoms. The summed E-state index contributed by atoms with van der Waals surface area (Å²) in [6.45, 7) is 4.15. The molecule has 7 nitrogen and oxygen atoms in total. The Balaban J connectivity index is 2.39. The first-order chi connectivity index (χ1) is 9.40. The summed E-state index contributed by atoms with van der Waals surface area (Å²) in [5, 5.41) is 20.1. The second-order valence-electron chi connectivity index (χ2n) is 5.04. The SMILES string of the molecule is CC1CN(c2cc([N+](=O)[O-])ccc2C(=O)O)CCN1C. The zero-order valence-electron chi connectivity index (χ0n) is 11.4. The van der Waals surface area contributed by atoms with Crippen molar-refractivity contribution < 1.29 is 14.8 Å². The second-order valence-corrected chi connectivity index (χ2v) is 5.04. The van der Waals surface area contributed by atoms with Crippen LogP contribution in [0, 0.1) is 10.1 Å². The highest BCUT2D eigenvalue weighted by atomic mass is 16.6. The summed E-state index contributed by atoms with van der Waals surface area (Å²) in [7, 11) is 2.01. The maximum atomic E-state index is 11.3. The third-order valence-corrected chi connectivity index (χ3v) is 3.72. The molecule has 0 amide bonds. The highest BCUT2D eigenvalue weighted by Crippen LogP contribution is 2.28. The molecule has 0 saturated carbocycles. The van der Waals surface area contributed by atoms with E-state index in [1.165, 1.54) is 18.2 Å². The van der Waals surface area contributed by atoms with E-state index in [2.05, 4.69) is 4.90 Å². The Morgan fingerprint density at radius 2 is 2.15 bits per heavy atom. The van der Waals surface area contributed by atoms with Crippen LogP contribution in [0.5, 0.6) is 0 Å². The fourth-order valence-corrected chi connectivity index (χ4v) is 2.34. The first-order valence-electron chi connectivity index (χ1n) is 6.37. The van der Waals surface area contributed by atoms with Crippen LogP contribution < -0.4 is 4.90 Å². The van der Waals surface area contributed by atoms with E-state index in [1.807, 2.05) is 18.9 Å². The van der Waals surface area contributed by atoms with Crippen molar-refractivity contribution >= 4 is 17.3 Å². The van der Waals surface area contributed by atoms with Crippen LogP contribution in [-0.4, -0.2) is 53.6 Å². The maximum absolute atomic E-state index is 11.3. The van der Waals surface area contributed by atoms with Gasteiger partial charge in [-0.15, -0.1) is 0 Å². The minimum atomic E-state index is -1.07. The van der Waals surface area contributed by atoms with E-state index < -0.39 is 10.9 Å². The Hall–Kier alpha value is -2.15. The van der Waals surface area contributed by atoms with Crippen molar-refractivity contribution in [2.45, 2.75) is 13.0 Å². The van der Waals surface area contributed by atoms with Crippen molar-refractivity contribution in [3.63, 3.8) is 0 Å². The van der Waals surface area contributed by atoms with Gasteiger partial charge in [0.1, 0.15) is 0 Å². The van der Waals surface area contributed by atoms with Crippen LogP contribution in [0.25, 0.3) is 0 Å². The highest BCUT2D eigenvalue weighted by molar-refractivity contribution is 5.95. The number of nitro benzene ring substituents is 1. The molecule has 1 saturated heterocycles. The van der Waals surface area contributed by atoms with Gasteiger partial charge in [-0.3, -0.25) is 10.1 Å². The Bertz CT molecular complexity index is 546. The molecule has 0 spiro atoms. The Labute approximate surface area is 116 Å². The van der Waals surface area contributed by atoms with Gasteiger partial charge in [0.25, 0.3) is 5.69 Å². The molecule has 1 aliphatic heterocycles. The standard InChI is InChI=1S/C13H17N3O4/c1-9-8-15(6-5-14(9)2)12-7-10(16(19)20)3-4-11(12)13(17)18/h3-4,7,9H,5-6,8H2,1-2H3,(H,17,18). The lowest BCUT2D eigenvalue weighted by Crippen LogP contribution is -2.50. The summed E-state index contributed by atoms with van der Waals surface area (Å²) in [6, 6.07) is 4.15. The molecule has 1 fully saturated rings. The van der Waals surface area contributed by atoms with Gasteiger partial charge in [-0.1, -0.05) is 0 Å². The van der Waals surface area contributed by atoms with Gasteiger partial charge in [-0.05, 0) is 20.0 Å². The third kappa shape index (κ3) is 2.72. The number of hydrogen-bond acceptors (Lipinski definition) is 5. The van der Waals surface area contributed by atoms with E-state index in [4.69, 9.17) is 0 Å². The number of hydrogen-bond donors (Lipinski definition) is 1. The van der Waals surface area contributed by atoms with Crippen molar-refractivity contribution in [3.8, 4) is 0 Å². The van der Waals surface area contributed by atoms with Gasteiger partial charge >= 0.3 is 5.97 Å². The lowest BCUT2D eigenvalue weighted by Gasteiger charge is -2.39. The van der Waals surface area contributed by atoms with Crippen LogP contribution in [0.15, 0.2) is 18.2 Å². The molecule has 0 aliphatic carbocycles. The Morgan fingerprint density at radius 1 is 1.45 bits per heavy atom. The lowest BCUT2D eigenvalue weighted by atomic mass is 10.1. The zero-order valence-corrected chi connectivity index (χ0v) is 11.4. The Morgan fingerprint density at radius 3 is 2.70 bits per heavy atom. The number of nitro groups is 1. The number of carboxylic acids is 1. The lowest BCUT2D eigenvalue weighted by molar-refractivity contribution is -0.384.